The molecule has 0 spiro atoms. The Morgan fingerprint density at radius 3 is 2.60 bits per heavy atom. The van der Waals surface area contributed by atoms with Gasteiger partial charge in [0.25, 0.3) is 0 Å². The molecule has 0 atom stereocenters. The van der Waals surface area contributed by atoms with Gasteiger partial charge in [0.15, 0.2) is 0 Å². The molecule has 0 saturated carbocycles. The SMILES string of the molecule is Oc1ccc2cc(C=CCBr)ccc2c1. The summed E-state index contributed by atoms with van der Waals surface area (Å²) in [5, 5.41) is 12.4. The van der Waals surface area contributed by atoms with Gasteiger partial charge in [-0.25, -0.2) is 0 Å². The van der Waals surface area contributed by atoms with Crippen molar-refractivity contribution in [1.82, 2.24) is 0 Å². The summed E-state index contributed by atoms with van der Waals surface area (Å²) in [5.74, 6) is 0.311. The van der Waals surface area contributed by atoms with E-state index in [4.69, 9.17) is 0 Å². The van der Waals surface area contributed by atoms with Gasteiger partial charge in [0.1, 0.15) is 5.75 Å². The van der Waals surface area contributed by atoms with Gasteiger partial charge < -0.3 is 5.11 Å². The average molecular weight is 263 g/mol. The van der Waals surface area contributed by atoms with Crippen molar-refractivity contribution in [1.29, 1.82) is 0 Å². The molecular weight excluding hydrogens is 252 g/mol. The van der Waals surface area contributed by atoms with Crippen LogP contribution in [0.5, 0.6) is 5.75 Å². The van der Waals surface area contributed by atoms with E-state index in [2.05, 4.69) is 34.1 Å². The van der Waals surface area contributed by atoms with Crippen molar-refractivity contribution in [3.05, 3.63) is 48.0 Å². The van der Waals surface area contributed by atoms with Gasteiger partial charge in [-0.05, 0) is 34.5 Å². The molecule has 2 rings (SSSR count). The van der Waals surface area contributed by atoms with Crippen LogP contribution in [0.2, 0.25) is 0 Å². The minimum Gasteiger partial charge on any atom is -0.508 e. The van der Waals surface area contributed by atoms with E-state index in [0.29, 0.717) is 5.75 Å². The fourth-order valence-electron chi connectivity index (χ4n) is 1.54. The Bertz CT molecular complexity index is 503. The van der Waals surface area contributed by atoms with Crippen LogP contribution in [0.1, 0.15) is 5.56 Å². The molecule has 0 bridgehead atoms. The highest BCUT2D eigenvalue weighted by molar-refractivity contribution is 9.09. The first-order valence-electron chi connectivity index (χ1n) is 4.75. The van der Waals surface area contributed by atoms with Gasteiger partial charge in [-0.1, -0.05) is 46.3 Å². The Kier molecular flexibility index (Phi) is 3.07. The molecule has 2 aromatic rings. The maximum absolute atomic E-state index is 9.32. The highest BCUT2D eigenvalue weighted by atomic mass is 79.9. The monoisotopic (exact) mass is 262 g/mol. The minimum absolute atomic E-state index is 0.311. The molecule has 0 aliphatic heterocycles. The second-order valence-corrected chi connectivity index (χ2v) is 4.00. The van der Waals surface area contributed by atoms with Crippen LogP contribution < -0.4 is 0 Å². The first-order chi connectivity index (χ1) is 7.29. The smallest absolute Gasteiger partial charge is 0.116 e. The number of benzene rings is 2. The second-order valence-electron chi connectivity index (χ2n) is 3.35. The Hall–Kier alpha value is -1.28. The molecule has 1 N–H and O–H groups in total. The molecule has 0 fully saturated rings. The molecule has 0 saturated heterocycles. The Balaban J connectivity index is 2.47. The largest absolute Gasteiger partial charge is 0.508 e. The van der Waals surface area contributed by atoms with Crippen LogP contribution in [-0.2, 0) is 0 Å². The Morgan fingerprint density at radius 2 is 1.80 bits per heavy atom. The number of halogens is 1. The second kappa shape index (κ2) is 4.49. The molecular formula is C13H11BrO. The first kappa shape index (κ1) is 10.2. The van der Waals surface area contributed by atoms with Crippen LogP contribution in [0, 0.1) is 0 Å². The van der Waals surface area contributed by atoms with E-state index in [1.165, 1.54) is 5.56 Å². The highest BCUT2D eigenvalue weighted by Crippen LogP contribution is 2.21. The van der Waals surface area contributed by atoms with Crippen LogP contribution in [0.4, 0.5) is 0 Å². The number of aromatic hydroxyl groups is 1. The van der Waals surface area contributed by atoms with Crippen molar-refractivity contribution < 1.29 is 5.11 Å². The predicted octanol–water partition coefficient (Wildman–Crippen LogP) is 3.95. The summed E-state index contributed by atoms with van der Waals surface area (Å²) in [5.41, 5.74) is 1.17. The van der Waals surface area contributed by atoms with E-state index in [-0.39, 0.29) is 0 Å². The maximum Gasteiger partial charge on any atom is 0.116 e. The summed E-state index contributed by atoms with van der Waals surface area (Å²) in [6.45, 7) is 0. The topological polar surface area (TPSA) is 20.2 Å². The molecule has 0 heterocycles. The van der Waals surface area contributed by atoms with Gasteiger partial charge in [-0.2, -0.15) is 0 Å². The summed E-state index contributed by atoms with van der Waals surface area (Å²) < 4.78 is 0. The lowest BCUT2D eigenvalue weighted by molar-refractivity contribution is 0.476. The number of allylic oxidation sites excluding steroid dienone is 1. The first-order valence-corrected chi connectivity index (χ1v) is 5.87. The third kappa shape index (κ3) is 2.39. The zero-order valence-corrected chi connectivity index (χ0v) is 9.74. The summed E-state index contributed by atoms with van der Waals surface area (Å²) in [7, 11) is 0. The third-order valence-electron chi connectivity index (χ3n) is 2.25. The fraction of sp³-hybridized carbons (Fsp3) is 0.0769. The van der Waals surface area contributed by atoms with E-state index in [1.54, 1.807) is 12.1 Å². The van der Waals surface area contributed by atoms with E-state index in [0.717, 1.165) is 16.1 Å². The standard InChI is InChI=1S/C13H11BrO/c14-7-1-2-10-3-4-12-9-13(15)6-5-11(12)8-10/h1-6,8-9,15H,7H2. The zero-order chi connectivity index (χ0) is 10.7. The number of phenols is 1. The number of hydrogen-bond acceptors (Lipinski definition) is 1. The molecule has 0 amide bonds. The summed E-state index contributed by atoms with van der Waals surface area (Å²) in [4.78, 5) is 0. The van der Waals surface area contributed by atoms with E-state index in [9.17, 15) is 5.11 Å². The fourth-order valence-corrected chi connectivity index (χ4v) is 1.72. The van der Waals surface area contributed by atoms with Crippen molar-refractivity contribution in [3.63, 3.8) is 0 Å². The van der Waals surface area contributed by atoms with E-state index >= 15 is 0 Å². The van der Waals surface area contributed by atoms with Gasteiger partial charge in [0, 0.05) is 5.33 Å². The molecule has 76 valence electrons. The van der Waals surface area contributed by atoms with Crippen LogP contribution in [0.3, 0.4) is 0 Å². The van der Waals surface area contributed by atoms with Crippen LogP contribution in [0.15, 0.2) is 42.5 Å². The summed E-state index contributed by atoms with van der Waals surface area (Å²) >= 11 is 3.35. The summed E-state index contributed by atoms with van der Waals surface area (Å²) in [6.07, 6.45) is 4.13. The van der Waals surface area contributed by atoms with Gasteiger partial charge in [0.05, 0.1) is 0 Å². The maximum atomic E-state index is 9.32. The van der Waals surface area contributed by atoms with E-state index in [1.807, 2.05) is 18.2 Å². The van der Waals surface area contributed by atoms with Gasteiger partial charge in [0.2, 0.25) is 0 Å². The lowest BCUT2D eigenvalue weighted by Crippen LogP contribution is -1.76. The van der Waals surface area contributed by atoms with Crippen molar-refractivity contribution in [2.75, 3.05) is 5.33 Å². The lowest BCUT2D eigenvalue weighted by Gasteiger charge is -2.00. The van der Waals surface area contributed by atoms with Crippen molar-refractivity contribution >= 4 is 32.8 Å². The van der Waals surface area contributed by atoms with Crippen LogP contribution in [-0.4, -0.2) is 10.4 Å². The number of rotatable bonds is 2. The molecule has 0 aliphatic carbocycles. The van der Waals surface area contributed by atoms with Gasteiger partial charge in [-0.3, -0.25) is 0 Å². The van der Waals surface area contributed by atoms with Gasteiger partial charge in [-0.15, -0.1) is 0 Å². The normalized spacial score (nSPS) is 11.3. The molecule has 0 unspecified atom stereocenters. The molecule has 0 aromatic heterocycles. The quantitative estimate of drug-likeness (QED) is 0.813. The summed E-state index contributed by atoms with van der Waals surface area (Å²) in [6, 6.07) is 11.6. The number of fused-ring (bicyclic) bond motifs is 1. The van der Waals surface area contributed by atoms with Crippen LogP contribution >= 0.6 is 15.9 Å². The highest BCUT2D eigenvalue weighted by Gasteiger charge is 1.95. The molecule has 2 aromatic carbocycles. The minimum atomic E-state index is 0.311. The molecule has 15 heavy (non-hydrogen) atoms. The number of phenolic OH excluding ortho intramolecular Hbond substituents is 1. The lowest BCUT2D eigenvalue weighted by atomic mass is 10.1. The molecule has 1 nitrogen and oxygen atoms in total. The van der Waals surface area contributed by atoms with Crippen molar-refractivity contribution in [3.8, 4) is 5.75 Å². The van der Waals surface area contributed by atoms with Crippen molar-refractivity contribution in [2.45, 2.75) is 0 Å². The Labute approximate surface area is 97.2 Å². The predicted molar refractivity (Wildman–Crippen MR) is 68.4 cm³/mol. The molecule has 0 radical (unpaired) electrons. The number of hydrogen-bond donors (Lipinski definition) is 1. The molecule has 0 aliphatic rings. The van der Waals surface area contributed by atoms with Crippen LogP contribution in [0.25, 0.3) is 16.8 Å². The average Bonchev–Trinajstić information content (AvgIpc) is 2.26. The van der Waals surface area contributed by atoms with Crippen molar-refractivity contribution in [2.24, 2.45) is 0 Å². The van der Waals surface area contributed by atoms with Gasteiger partial charge >= 0.3 is 0 Å². The zero-order valence-electron chi connectivity index (χ0n) is 8.15. The van der Waals surface area contributed by atoms with E-state index < -0.39 is 0 Å². The molecule has 2 heteroatoms. The number of alkyl halides is 1. The Morgan fingerprint density at radius 1 is 1.07 bits per heavy atom. The third-order valence-corrected chi connectivity index (χ3v) is 2.62.